The first kappa shape index (κ1) is 17.8. The van der Waals surface area contributed by atoms with Crippen LogP contribution < -0.4 is 15.0 Å². The van der Waals surface area contributed by atoms with Crippen molar-refractivity contribution in [2.75, 3.05) is 33.9 Å². The number of hydrogen-bond donors (Lipinski definition) is 0. The minimum atomic E-state index is 0.0707. The molecule has 6 heteroatoms. The third-order valence-electron chi connectivity index (χ3n) is 5.63. The van der Waals surface area contributed by atoms with E-state index in [0.29, 0.717) is 35.4 Å². The smallest absolute Gasteiger partial charge is 0.250 e. The molecule has 1 aromatic carbocycles. The highest BCUT2D eigenvalue weighted by molar-refractivity contribution is 5.98. The van der Waals surface area contributed by atoms with Crippen molar-refractivity contribution in [3.8, 4) is 11.5 Å². The van der Waals surface area contributed by atoms with Crippen molar-refractivity contribution in [3.05, 3.63) is 58.0 Å². The van der Waals surface area contributed by atoms with E-state index in [1.807, 2.05) is 16.7 Å². The van der Waals surface area contributed by atoms with Gasteiger partial charge in [0.05, 0.1) is 20.8 Å². The van der Waals surface area contributed by atoms with Crippen molar-refractivity contribution < 1.29 is 14.3 Å². The zero-order valence-corrected chi connectivity index (χ0v) is 15.7. The number of nitrogens with zero attached hydrogens (tertiary/aromatic N) is 2. The Hall–Kier alpha value is -2.60. The summed E-state index contributed by atoms with van der Waals surface area (Å²) in [6.07, 6.45) is 1.09. The van der Waals surface area contributed by atoms with Crippen molar-refractivity contribution in [1.82, 2.24) is 9.47 Å². The van der Waals surface area contributed by atoms with Gasteiger partial charge in [0, 0.05) is 42.9 Å². The number of hydrogen-bond acceptors (Lipinski definition) is 5. The van der Waals surface area contributed by atoms with Gasteiger partial charge in [0.15, 0.2) is 17.3 Å². The quantitative estimate of drug-likeness (QED) is 0.757. The molecule has 2 bridgehead atoms. The van der Waals surface area contributed by atoms with E-state index in [2.05, 4.69) is 4.90 Å². The molecule has 6 nitrogen and oxygen atoms in total. The number of ketones is 1. The Bertz CT molecular complexity index is 921. The first-order valence-electron chi connectivity index (χ1n) is 9.26. The van der Waals surface area contributed by atoms with Crippen LogP contribution in [0.4, 0.5) is 0 Å². The van der Waals surface area contributed by atoms with Crippen LogP contribution in [0, 0.1) is 5.92 Å². The number of aromatic nitrogens is 1. The molecule has 2 aliphatic rings. The summed E-state index contributed by atoms with van der Waals surface area (Å²) in [6.45, 7) is 2.77. The van der Waals surface area contributed by atoms with Crippen LogP contribution in [-0.4, -0.2) is 49.1 Å². The van der Waals surface area contributed by atoms with Crippen LogP contribution in [0.5, 0.6) is 11.5 Å². The van der Waals surface area contributed by atoms with Gasteiger partial charge in [-0.1, -0.05) is 6.07 Å². The van der Waals surface area contributed by atoms with Crippen LogP contribution in [0.3, 0.4) is 0 Å². The fourth-order valence-electron chi connectivity index (χ4n) is 4.43. The minimum absolute atomic E-state index is 0.0707. The molecule has 2 aromatic rings. The zero-order valence-electron chi connectivity index (χ0n) is 15.7. The molecular weight excluding hydrogens is 344 g/mol. The maximum absolute atomic E-state index is 12.8. The summed E-state index contributed by atoms with van der Waals surface area (Å²) in [4.78, 5) is 27.2. The zero-order chi connectivity index (χ0) is 19.0. The lowest BCUT2D eigenvalue weighted by molar-refractivity contribution is 0.0817. The molecule has 0 aliphatic carbocycles. The number of fused-ring (bicyclic) bond motifs is 4. The number of likely N-dealkylation sites (tertiary alicyclic amines) is 1. The van der Waals surface area contributed by atoms with Gasteiger partial charge in [0.1, 0.15) is 0 Å². The fourth-order valence-corrected chi connectivity index (χ4v) is 4.43. The van der Waals surface area contributed by atoms with E-state index in [1.54, 1.807) is 38.5 Å². The summed E-state index contributed by atoms with van der Waals surface area (Å²) in [5.41, 5.74) is 1.80. The fraction of sp³-hybridized carbons (Fsp3) is 0.429. The molecule has 2 unspecified atom stereocenters. The van der Waals surface area contributed by atoms with Crippen molar-refractivity contribution in [2.24, 2.45) is 5.92 Å². The Morgan fingerprint density at radius 1 is 1.07 bits per heavy atom. The normalized spacial score (nSPS) is 21.4. The maximum atomic E-state index is 12.8. The molecule has 3 heterocycles. The molecular formula is C21H24N2O4. The Labute approximate surface area is 158 Å². The summed E-state index contributed by atoms with van der Waals surface area (Å²) < 4.78 is 12.5. The number of pyridine rings is 1. The lowest BCUT2D eigenvalue weighted by atomic mass is 9.83. The minimum Gasteiger partial charge on any atom is -0.493 e. The highest BCUT2D eigenvalue weighted by Crippen LogP contribution is 2.35. The molecule has 0 radical (unpaired) electrons. The molecule has 1 saturated heterocycles. The SMILES string of the molecule is COc1ccc(C(=O)CN2CC3CC(C2)c2cccc(=O)n2C3)cc1OC. The van der Waals surface area contributed by atoms with Gasteiger partial charge in [-0.15, -0.1) is 0 Å². The second-order valence-corrected chi connectivity index (χ2v) is 7.39. The van der Waals surface area contributed by atoms with E-state index in [0.717, 1.165) is 31.7 Å². The molecule has 0 spiro atoms. The van der Waals surface area contributed by atoms with Crippen LogP contribution in [-0.2, 0) is 6.54 Å². The van der Waals surface area contributed by atoms with Gasteiger partial charge in [0.2, 0.25) is 0 Å². The Morgan fingerprint density at radius 2 is 1.89 bits per heavy atom. The van der Waals surface area contributed by atoms with E-state index in [9.17, 15) is 9.59 Å². The summed E-state index contributed by atoms with van der Waals surface area (Å²) in [7, 11) is 3.15. The standard InChI is InChI=1S/C21H24N2O4/c1-26-19-7-6-15(9-20(19)27-2)18(24)13-22-10-14-8-16(12-22)17-4-3-5-21(25)23(17)11-14/h3-7,9,14,16H,8,10-13H2,1-2H3. The third-order valence-corrected chi connectivity index (χ3v) is 5.63. The number of benzene rings is 1. The molecule has 2 aliphatic heterocycles. The van der Waals surface area contributed by atoms with Gasteiger partial charge >= 0.3 is 0 Å². The van der Waals surface area contributed by atoms with Crippen LogP contribution in [0.15, 0.2) is 41.2 Å². The Morgan fingerprint density at radius 3 is 2.67 bits per heavy atom. The molecule has 1 fully saturated rings. The number of ether oxygens (including phenoxy) is 2. The first-order chi connectivity index (χ1) is 13.1. The van der Waals surface area contributed by atoms with Gasteiger partial charge < -0.3 is 14.0 Å². The highest BCUT2D eigenvalue weighted by atomic mass is 16.5. The molecule has 2 atom stereocenters. The second kappa shape index (κ2) is 7.19. The van der Waals surface area contributed by atoms with E-state index in [-0.39, 0.29) is 11.3 Å². The third kappa shape index (κ3) is 3.37. The van der Waals surface area contributed by atoms with Crippen molar-refractivity contribution >= 4 is 5.78 Å². The number of rotatable bonds is 5. The number of Topliss-reactive ketones (excluding diaryl/α,β-unsaturated/α-hetero) is 1. The van der Waals surface area contributed by atoms with E-state index >= 15 is 0 Å². The monoisotopic (exact) mass is 368 g/mol. The molecule has 0 saturated carbocycles. The molecule has 4 rings (SSSR count). The number of carbonyl (C=O) groups is 1. The van der Waals surface area contributed by atoms with Crippen LogP contribution >= 0.6 is 0 Å². The lowest BCUT2D eigenvalue weighted by Gasteiger charge is -2.42. The lowest BCUT2D eigenvalue weighted by Crippen LogP contribution is -2.48. The van der Waals surface area contributed by atoms with Gasteiger partial charge in [-0.3, -0.25) is 14.5 Å². The predicted octanol–water partition coefficient (Wildman–Crippen LogP) is 2.17. The summed E-state index contributed by atoms with van der Waals surface area (Å²) in [5, 5.41) is 0. The molecule has 0 amide bonds. The topological polar surface area (TPSA) is 60.8 Å². The van der Waals surface area contributed by atoms with E-state index < -0.39 is 0 Å². The number of carbonyl (C=O) groups excluding carboxylic acids is 1. The van der Waals surface area contributed by atoms with E-state index in [1.165, 1.54) is 0 Å². The van der Waals surface area contributed by atoms with Crippen molar-refractivity contribution in [3.63, 3.8) is 0 Å². The predicted molar refractivity (Wildman–Crippen MR) is 102 cm³/mol. The van der Waals surface area contributed by atoms with Crippen LogP contribution in [0.1, 0.15) is 28.4 Å². The highest BCUT2D eigenvalue weighted by Gasteiger charge is 2.35. The maximum Gasteiger partial charge on any atom is 0.250 e. The second-order valence-electron chi connectivity index (χ2n) is 7.39. The van der Waals surface area contributed by atoms with E-state index in [4.69, 9.17) is 9.47 Å². The summed E-state index contributed by atoms with van der Waals surface area (Å²) in [5.74, 6) is 1.97. The Balaban J connectivity index is 1.50. The van der Waals surface area contributed by atoms with Gasteiger partial charge in [-0.2, -0.15) is 0 Å². The molecule has 142 valence electrons. The average Bonchev–Trinajstić information content (AvgIpc) is 2.68. The Kier molecular flexibility index (Phi) is 4.74. The molecule has 27 heavy (non-hydrogen) atoms. The molecule has 1 aromatic heterocycles. The van der Waals surface area contributed by atoms with Crippen molar-refractivity contribution in [1.29, 1.82) is 0 Å². The summed E-state index contributed by atoms with van der Waals surface area (Å²) >= 11 is 0. The van der Waals surface area contributed by atoms with Crippen LogP contribution in [0.25, 0.3) is 0 Å². The summed E-state index contributed by atoms with van der Waals surface area (Å²) in [6, 6.07) is 10.8. The number of methoxy groups -OCH3 is 2. The van der Waals surface area contributed by atoms with Crippen LogP contribution in [0.2, 0.25) is 0 Å². The average molecular weight is 368 g/mol. The van der Waals surface area contributed by atoms with Crippen molar-refractivity contribution in [2.45, 2.75) is 18.9 Å². The van der Waals surface area contributed by atoms with Gasteiger partial charge in [-0.05, 0) is 36.6 Å². The van der Waals surface area contributed by atoms with Gasteiger partial charge in [-0.25, -0.2) is 0 Å². The number of piperidine rings is 1. The van der Waals surface area contributed by atoms with Gasteiger partial charge in [0.25, 0.3) is 5.56 Å². The largest absolute Gasteiger partial charge is 0.493 e. The molecule has 0 N–H and O–H groups in total. The first-order valence-corrected chi connectivity index (χ1v) is 9.26.